The summed E-state index contributed by atoms with van der Waals surface area (Å²) in [6.45, 7) is 3.73. The minimum atomic E-state index is -0.103. The Morgan fingerprint density at radius 2 is 2.05 bits per heavy atom. The minimum Gasteiger partial charge on any atom is -0.484 e. The molecule has 1 aliphatic heterocycles. The minimum absolute atomic E-state index is 0.0240. The molecular formula is C15H24N4O2. The van der Waals surface area contributed by atoms with Gasteiger partial charge in [-0.1, -0.05) is 0 Å². The Morgan fingerprint density at radius 1 is 1.33 bits per heavy atom. The first-order valence-corrected chi connectivity index (χ1v) is 7.18. The van der Waals surface area contributed by atoms with Crippen LogP contribution in [0.25, 0.3) is 0 Å². The number of rotatable bonds is 5. The van der Waals surface area contributed by atoms with Gasteiger partial charge in [0, 0.05) is 37.9 Å². The molecule has 6 heteroatoms. The summed E-state index contributed by atoms with van der Waals surface area (Å²) < 4.78 is 5.42. The van der Waals surface area contributed by atoms with Gasteiger partial charge in [0.15, 0.2) is 6.61 Å². The molecule has 1 aromatic rings. The van der Waals surface area contributed by atoms with Crippen molar-refractivity contribution in [1.82, 2.24) is 15.1 Å². The number of piperazine rings is 1. The average molecular weight is 292 g/mol. The highest BCUT2D eigenvalue weighted by Crippen LogP contribution is 2.12. The summed E-state index contributed by atoms with van der Waals surface area (Å²) in [4.78, 5) is 16.4. The molecule has 1 atom stereocenters. The first kappa shape index (κ1) is 15.6. The van der Waals surface area contributed by atoms with E-state index < -0.39 is 0 Å². The van der Waals surface area contributed by atoms with Crippen LogP contribution in [0.15, 0.2) is 24.3 Å². The van der Waals surface area contributed by atoms with E-state index in [4.69, 9.17) is 10.5 Å². The van der Waals surface area contributed by atoms with Crippen LogP contribution >= 0.6 is 0 Å². The summed E-state index contributed by atoms with van der Waals surface area (Å²) in [6, 6.07) is 7.36. The second-order valence-corrected chi connectivity index (χ2v) is 5.56. The van der Waals surface area contributed by atoms with Crippen molar-refractivity contribution < 1.29 is 9.53 Å². The molecule has 6 nitrogen and oxygen atoms in total. The maximum atomic E-state index is 11.8. The van der Waals surface area contributed by atoms with Gasteiger partial charge in [-0.2, -0.15) is 0 Å². The van der Waals surface area contributed by atoms with Crippen LogP contribution in [0.2, 0.25) is 0 Å². The molecule has 1 saturated heterocycles. The number of nitrogens with two attached hydrogens (primary N) is 1. The predicted molar refractivity (Wildman–Crippen MR) is 83.3 cm³/mol. The number of benzene rings is 1. The second-order valence-electron chi connectivity index (χ2n) is 5.56. The van der Waals surface area contributed by atoms with Crippen LogP contribution < -0.4 is 15.8 Å². The number of nitrogen functional groups attached to an aromatic ring is 1. The number of hydrogen-bond acceptors (Lipinski definition) is 5. The van der Waals surface area contributed by atoms with Crippen molar-refractivity contribution in [1.29, 1.82) is 0 Å². The zero-order valence-corrected chi connectivity index (χ0v) is 12.7. The van der Waals surface area contributed by atoms with Crippen LogP contribution in [0.5, 0.6) is 5.75 Å². The predicted octanol–water partition coefficient (Wildman–Crippen LogP) is 0.00960. The van der Waals surface area contributed by atoms with Crippen molar-refractivity contribution in [2.45, 2.75) is 6.04 Å². The largest absolute Gasteiger partial charge is 0.484 e. The van der Waals surface area contributed by atoms with Crippen molar-refractivity contribution in [2.75, 3.05) is 52.6 Å². The van der Waals surface area contributed by atoms with E-state index in [0.29, 0.717) is 24.0 Å². The molecule has 0 spiro atoms. The van der Waals surface area contributed by atoms with Crippen molar-refractivity contribution in [3.8, 4) is 5.75 Å². The third-order valence-corrected chi connectivity index (χ3v) is 3.77. The van der Waals surface area contributed by atoms with Gasteiger partial charge in [-0.3, -0.25) is 9.69 Å². The molecule has 0 radical (unpaired) electrons. The van der Waals surface area contributed by atoms with E-state index in [2.05, 4.69) is 29.2 Å². The Balaban J connectivity index is 1.70. The summed E-state index contributed by atoms with van der Waals surface area (Å²) in [6.07, 6.45) is 0. The summed E-state index contributed by atoms with van der Waals surface area (Å²) in [5.74, 6) is 0.544. The Kier molecular flexibility index (Phi) is 5.41. The van der Waals surface area contributed by atoms with Gasteiger partial charge < -0.3 is 20.7 Å². The molecule has 0 saturated carbocycles. The van der Waals surface area contributed by atoms with Gasteiger partial charge in [-0.25, -0.2) is 0 Å². The Bertz CT molecular complexity index is 463. The number of carbonyl (C=O) groups is 1. The van der Waals surface area contributed by atoms with E-state index in [0.717, 1.165) is 19.6 Å². The van der Waals surface area contributed by atoms with Crippen molar-refractivity contribution in [3.05, 3.63) is 24.3 Å². The van der Waals surface area contributed by atoms with Crippen LogP contribution in [0.4, 0.5) is 5.69 Å². The molecule has 1 amide bonds. The maximum absolute atomic E-state index is 11.8. The zero-order chi connectivity index (χ0) is 15.2. The van der Waals surface area contributed by atoms with Gasteiger partial charge in [-0.15, -0.1) is 0 Å². The fourth-order valence-electron chi connectivity index (χ4n) is 2.32. The third kappa shape index (κ3) is 4.91. The highest BCUT2D eigenvalue weighted by Gasteiger charge is 2.22. The van der Waals surface area contributed by atoms with Gasteiger partial charge in [-0.05, 0) is 38.4 Å². The lowest BCUT2D eigenvalue weighted by Crippen LogP contribution is -2.54. The molecule has 116 valence electrons. The van der Waals surface area contributed by atoms with E-state index >= 15 is 0 Å². The lowest BCUT2D eigenvalue weighted by Gasteiger charge is -2.37. The van der Waals surface area contributed by atoms with Crippen molar-refractivity contribution in [3.63, 3.8) is 0 Å². The second kappa shape index (κ2) is 7.28. The lowest BCUT2D eigenvalue weighted by molar-refractivity contribution is -0.123. The molecule has 0 bridgehead atoms. The number of ether oxygens (including phenoxy) is 1. The molecule has 1 aromatic carbocycles. The van der Waals surface area contributed by atoms with Crippen molar-refractivity contribution in [2.24, 2.45) is 0 Å². The average Bonchev–Trinajstić information content (AvgIpc) is 2.47. The molecule has 2 rings (SSSR count). The molecule has 21 heavy (non-hydrogen) atoms. The summed E-state index contributed by atoms with van der Waals surface area (Å²) in [5.41, 5.74) is 6.27. The Morgan fingerprint density at radius 3 is 2.76 bits per heavy atom. The molecule has 1 unspecified atom stereocenters. The molecule has 1 heterocycles. The molecule has 3 N–H and O–H groups in total. The molecular weight excluding hydrogens is 268 g/mol. The number of nitrogens with zero attached hydrogens (tertiary/aromatic N) is 2. The molecule has 1 fully saturated rings. The van der Waals surface area contributed by atoms with Crippen LogP contribution in [0, 0.1) is 0 Å². The Hall–Kier alpha value is -1.79. The van der Waals surface area contributed by atoms with Gasteiger partial charge >= 0.3 is 0 Å². The maximum Gasteiger partial charge on any atom is 0.257 e. The summed E-state index contributed by atoms with van der Waals surface area (Å²) >= 11 is 0. The lowest BCUT2D eigenvalue weighted by atomic mass is 10.2. The zero-order valence-electron chi connectivity index (χ0n) is 12.7. The number of carbonyl (C=O) groups excluding carboxylic acids is 1. The first-order chi connectivity index (χ1) is 10.0. The van der Waals surface area contributed by atoms with Crippen LogP contribution in [0.1, 0.15) is 0 Å². The monoisotopic (exact) mass is 292 g/mol. The highest BCUT2D eigenvalue weighted by atomic mass is 16.5. The van der Waals surface area contributed by atoms with E-state index in [1.807, 2.05) is 0 Å². The fraction of sp³-hybridized carbons (Fsp3) is 0.533. The van der Waals surface area contributed by atoms with Crippen LogP contribution in [-0.4, -0.2) is 68.6 Å². The number of likely N-dealkylation sites (N-methyl/N-ethyl adjacent to an activating group) is 2. The SMILES string of the molecule is CN1CCN(C)C(CNC(=O)COc2ccc(N)cc2)C1. The van der Waals surface area contributed by atoms with E-state index in [9.17, 15) is 4.79 Å². The third-order valence-electron chi connectivity index (χ3n) is 3.77. The topological polar surface area (TPSA) is 70.8 Å². The van der Waals surface area contributed by atoms with E-state index in [1.54, 1.807) is 24.3 Å². The normalized spacial score (nSPS) is 20.2. The highest BCUT2D eigenvalue weighted by molar-refractivity contribution is 5.77. The smallest absolute Gasteiger partial charge is 0.257 e. The van der Waals surface area contributed by atoms with Crippen molar-refractivity contribution >= 4 is 11.6 Å². The summed E-state index contributed by atoms with van der Waals surface area (Å²) in [5, 5.41) is 2.93. The molecule has 0 aromatic heterocycles. The number of hydrogen-bond donors (Lipinski definition) is 2. The van der Waals surface area contributed by atoms with Crippen LogP contribution in [-0.2, 0) is 4.79 Å². The van der Waals surface area contributed by atoms with E-state index in [1.165, 1.54) is 0 Å². The summed E-state index contributed by atoms with van der Waals surface area (Å²) in [7, 11) is 4.20. The van der Waals surface area contributed by atoms with E-state index in [-0.39, 0.29) is 12.5 Å². The standard InChI is InChI=1S/C15H24N4O2/c1-18-7-8-19(2)13(10-18)9-17-15(20)11-21-14-5-3-12(16)4-6-14/h3-6,13H,7-11,16H2,1-2H3,(H,17,20). The fourth-order valence-corrected chi connectivity index (χ4v) is 2.32. The molecule has 1 aliphatic rings. The number of anilines is 1. The van der Waals surface area contributed by atoms with Gasteiger partial charge in [0.05, 0.1) is 0 Å². The number of nitrogens with one attached hydrogen (secondary N) is 1. The molecule has 0 aliphatic carbocycles. The van der Waals surface area contributed by atoms with Crippen LogP contribution in [0.3, 0.4) is 0 Å². The van der Waals surface area contributed by atoms with Gasteiger partial charge in [0.25, 0.3) is 5.91 Å². The van der Waals surface area contributed by atoms with Gasteiger partial charge in [0.2, 0.25) is 0 Å². The van der Waals surface area contributed by atoms with Gasteiger partial charge in [0.1, 0.15) is 5.75 Å². The first-order valence-electron chi connectivity index (χ1n) is 7.18. The number of amides is 1. The Labute approximate surface area is 125 Å². The quantitative estimate of drug-likeness (QED) is 0.748.